The molecule has 4 heteroatoms. The predicted octanol–water partition coefficient (Wildman–Crippen LogP) is 2.18. The third-order valence-corrected chi connectivity index (χ3v) is 2.73. The van der Waals surface area contributed by atoms with Crippen molar-refractivity contribution in [3.8, 4) is 0 Å². The summed E-state index contributed by atoms with van der Waals surface area (Å²) in [5.41, 5.74) is 6.14. The first kappa shape index (κ1) is 14.1. The summed E-state index contributed by atoms with van der Waals surface area (Å²) < 4.78 is 26.0. The van der Waals surface area contributed by atoms with Gasteiger partial charge in [-0.1, -0.05) is 19.9 Å². The Hall–Kier alpha value is -1.00. The van der Waals surface area contributed by atoms with Gasteiger partial charge in [-0.25, -0.2) is 8.78 Å². The maximum atomic E-state index is 13.1. The fourth-order valence-corrected chi connectivity index (χ4v) is 1.63. The summed E-state index contributed by atoms with van der Waals surface area (Å²) in [4.78, 5) is 0. The van der Waals surface area contributed by atoms with Crippen LogP contribution in [0, 0.1) is 11.6 Å². The van der Waals surface area contributed by atoms with Crippen molar-refractivity contribution in [2.45, 2.75) is 32.2 Å². The van der Waals surface area contributed by atoms with Crippen molar-refractivity contribution in [2.75, 3.05) is 13.1 Å². The molecule has 3 N–H and O–H groups in total. The Labute approximate surface area is 101 Å². The van der Waals surface area contributed by atoms with E-state index in [0.29, 0.717) is 13.1 Å². The number of rotatable bonds is 5. The lowest BCUT2D eigenvalue weighted by Gasteiger charge is -2.26. The van der Waals surface area contributed by atoms with Crippen LogP contribution in [-0.4, -0.2) is 19.1 Å². The SMILES string of the molecule is CC(N)CNCC(C)(C)c1ccc(F)c(F)c1. The molecule has 0 bridgehead atoms. The molecule has 0 radical (unpaired) electrons. The molecule has 0 aromatic heterocycles. The molecule has 0 spiro atoms. The van der Waals surface area contributed by atoms with Crippen LogP contribution < -0.4 is 11.1 Å². The first-order valence-corrected chi connectivity index (χ1v) is 5.75. The molecule has 2 nitrogen and oxygen atoms in total. The topological polar surface area (TPSA) is 38.0 Å². The zero-order valence-electron chi connectivity index (χ0n) is 10.6. The fourth-order valence-electron chi connectivity index (χ4n) is 1.63. The number of nitrogens with one attached hydrogen (secondary N) is 1. The third-order valence-electron chi connectivity index (χ3n) is 2.73. The third kappa shape index (κ3) is 4.06. The van der Waals surface area contributed by atoms with Gasteiger partial charge in [-0.3, -0.25) is 0 Å². The molecule has 1 rings (SSSR count). The Kier molecular flexibility index (Phi) is 4.60. The van der Waals surface area contributed by atoms with Crippen LogP contribution in [0.3, 0.4) is 0 Å². The smallest absolute Gasteiger partial charge is 0.159 e. The minimum Gasteiger partial charge on any atom is -0.327 e. The highest BCUT2D eigenvalue weighted by Crippen LogP contribution is 2.23. The Bertz CT molecular complexity index is 376. The summed E-state index contributed by atoms with van der Waals surface area (Å²) in [6.45, 7) is 7.24. The number of hydrogen-bond acceptors (Lipinski definition) is 2. The highest BCUT2D eigenvalue weighted by molar-refractivity contribution is 5.25. The van der Waals surface area contributed by atoms with Crippen molar-refractivity contribution in [1.29, 1.82) is 0 Å². The first-order chi connectivity index (χ1) is 7.83. The minimum absolute atomic E-state index is 0.0794. The molecule has 0 aliphatic rings. The molecule has 1 atom stereocenters. The second-order valence-corrected chi connectivity index (χ2v) is 5.12. The number of hydrogen-bond donors (Lipinski definition) is 2. The number of benzene rings is 1. The average Bonchev–Trinajstić information content (AvgIpc) is 2.21. The van der Waals surface area contributed by atoms with E-state index in [0.717, 1.165) is 11.6 Å². The van der Waals surface area contributed by atoms with Crippen LogP contribution >= 0.6 is 0 Å². The van der Waals surface area contributed by atoms with Gasteiger partial charge in [0.1, 0.15) is 0 Å². The Balaban J connectivity index is 2.71. The molecule has 1 aromatic rings. The van der Waals surface area contributed by atoms with E-state index in [-0.39, 0.29) is 11.5 Å². The molecule has 0 saturated carbocycles. The summed E-state index contributed by atoms with van der Waals surface area (Å²) in [5.74, 6) is -1.61. The zero-order valence-corrected chi connectivity index (χ0v) is 10.6. The number of nitrogens with two attached hydrogens (primary N) is 1. The lowest BCUT2D eigenvalue weighted by atomic mass is 9.84. The van der Waals surface area contributed by atoms with Crippen molar-refractivity contribution in [2.24, 2.45) is 5.73 Å². The summed E-state index contributed by atoms with van der Waals surface area (Å²) in [7, 11) is 0. The number of halogens is 2. The highest BCUT2D eigenvalue weighted by Gasteiger charge is 2.21. The Morgan fingerprint density at radius 3 is 2.47 bits per heavy atom. The molecule has 1 aromatic carbocycles. The maximum Gasteiger partial charge on any atom is 0.159 e. The second kappa shape index (κ2) is 5.56. The van der Waals surface area contributed by atoms with Crippen molar-refractivity contribution in [3.63, 3.8) is 0 Å². The van der Waals surface area contributed by atoms with Gasteiger partial charge in [0.15, 0.2) is 11.6 Å². The summed E-state index contributed by atoms with van der Waals surface area (Å²) in [6.07, 6.45) is 0. The van der Waals surface area contributed by atoms with Crippen molar-refractivity contribution in [1.82, 2.24) is 5.32 Å². The molecule has 17 heavy (non-hydrogen) atoms. The minimum atomic E-state index is -0.812. The van der Waals surface area contributed by atoms with Crippen LogP contribution in [-0.2, 0) is 5.41 Å². The largest absolute Gasteiger partial charge is 0.327 e. The monoisotopic (exact) mass is 242 g/mol. The summed E-state index contributed by atoms with van der Waals surface area (Å²) in [6, 6.07) is 4.11. The first-order valence-electron chi connectivity index (χ1n) is 5.75. The van der Waals surface area contributed by atoms with Gasteiger partial charge in [0.05, 0.1) is 0 Å². The quantitative estimate of drug-likeness (QED) is 0.830. The van der Waals surface area contributed by atoms with E-state index >= 15 is 0 Å². The average molecular weight is 242 g/mol. The van der Waals surface area contributed by atoms with E-state index in [9.17, 15) is 8.78 Å². The van der Waals surface area contributed by atoms with E-state index in [1.165, 1.54) is 6.07 Å². The van der Waals surface area contributed by atoms with Gasteiger partial charge in [-0.2, -0.15) is 0 Å². The zero-order chi connectivity index (χ0) is 13.1. The molecule has 0 amide bonds. The second-order valence-electron chi connectivity index (χ2n) is 5.12. The lowest BCUT2D eigenvalue weighted by molar-refractivity contribution is 0.449. The standard InChI is InChI=1S/C13H20F2N2/c1-9(16)7-17-8-13(2,3)10-4-5-11(14)12(15)6-10/h4-6,9,17H,7-8,16H2,1-3H3. The van der Waals surface area contributed by atoms with Crippen LogP contribution in [0.4, 0.5) is 8.78 Å². The molecule has 0 heterocycles. The predicted molar refractivity (Wildman–Crippen MR) is 65.9 cm³/mol. The van der Waals surface area contributed by atoms with E-state index in [4.69, 9.17) is 5.73 Å². The Morgan fingerprint density at radius 1 is 1.29 bits per heavy atom. The summed E-state index contributed by atoms with van der Waals surface area (Å²) in [5, 5.41) is 3.22. The molecule has 0 aliphatic carbocycles. The van der Waals surface area contributed by atoms with Crippen LogP contribution in [0.15, 0.2) is 18.2 Å². The van der Waals surface area contributed by atoms with Gasteiger partial charge < -0.3 is 11.1 Å². The van der Waals surface area contributed by atoms with Crippen molar-refractivity contribution >= 4 is 0 Å². The van der Waals surface area contributed by atoms with Crippen LogP contribution in [0.5, 0.6) is 0 Å². The van der Waals surface area contributed by atoms with Gasteiger partial charge in [-0.05, 0) is 24.6 Å². The van der Waals surface area contributed by atoms with Gasteiger partial charge in [-0.15, -0.1) is 0 Å². The molecule has 0 aliphatic heterocycles. The maximum absolute atomic E-state index is 13.1. The van der Waals surface area contributed by atoms with Gasteiger partial charge in [0.25, 0.3) is 0 Å². The lowest BCUT2D eigenvalue weighted by Crippen LogP contribution is -2.39. The molecular formula is C13H20F2N2. The van der Waals surface area contributed by atoms with Crippen molar-refractivity contribution < 1.29 is 8.78 Å². The molecule has 0 fully saturated rings. The van der Waals surface area contributed by atoms with E-state index in [1.807, 2.05) is 20.8 Å². The van der Waals surface area contributed by atoms with E-state index in [2.05, 4.69) is 5.32 Å². The van der Waals surface area contributed by atoms with Crippen LogP contribution in [0.1, 0.15) is 26.3 Å². The summed E-state index contributed by atoms with van der Waals surface area (Å²) >= 11 is 0. The molecular weight excluding hydrogens is 222 g/mol. The molecule has 1 unspecified atom stereocenters. The van der Waals surface area contributed by atoms with E-state index in [1.54, 1.807) is 6.07 Å². The van der Waals surface area contributed by atoms with Crippen LogP contribution in [0.25, 0.3) is 0 Å². The fraction of sp³-hybridized carbons (Fsp3) is 0.538. The van der Waals surface area contributed by atoms with E-state index < -0.39 is 11.6 Å². The molecule has 0 saturated heterocycles. The van der Waals surface area contributed by atoms with Crippen molar-refractivity contribution in [3.05, 3.63) is 35.4 Å². The van der Waals surface area contributed by atoms with Gasteiger partial charge >= 0.3 is 0 Å². The highest BCUT2D eigenvalue weighted by atomic mass is 19.2. The van der Waals surface area contributed by atoms with Gasteiger partial charge in [0.2, 0.25) is 0 Å². The van der Waals surface area contributed by atoms with Gasteiger partial charge in [0, 0.05) is 24.5 Å². The normalized spacial score (nSPS) is 13.8. The molecule has 96 valence electrons. The van der Waals surface area contributed by atoms with Crippen LogP contribution in [0.2, 0.25) is 0 Å². The Morgan fingerprint density at radius 2 is 1.94 bits per heavy atom.